The van der Waals surface area contributed by atoms with Gasteiger partial charge in [0.05, 0.1) is 13.2 Å². The number of morpholine rings is 1. The van der Waals surface area contributed by atoms with Crippen molar-refractivity contribution < 1.29 is 4.74 Å². The fraction of sp³-hybridized carbons (Fsp3) is 0.538. The smallest absolute Gasteiger partial charge is 0.0594 e. The molecule has 0 amide bonds. The van der Waals surface area contributed by atoms with E-state index >= 15 is 0 Å². The minimum atomic E-state index is 0.431. The Balaban J connectivity index is 1.96. The maximum absolute atomic E-state index is 5.89. The highest BCUT2D eigenvalue weighted by Crippen LogP contribution is 2.14. The third-order valence-electron chi connectivity index (χ3n) is 3.22. The van der Waals surface area contributed by atoms with Crippen LogP contribution in [0.4, 0.5) is 0 Å². The van der Waals surface area contributed by atoms with Crippen molar-refractivity contribution >= 4 is 15.9 Å². The number of hydrogen-bond donors (Lipinski definition) is 1. The third kappa shape index (κ3) is 3.78. The summed E-state index contributed by atoms with van der Waals surface area (Å²) in [5.41, 5.74) is 7.23. The number of rotatable bonds is 4. The standard InChI is InChI=1S/C13H19BrN2O/c14-12-3-1-11(2-4-12)9-13(10-15)16-5-7-17-8-6-16/h1-4,13H,5-10,15H2. The van der Waals surface area contributed by atoms with E-state index in [1.807, 2.05) is 0 Å². The minimum Gasteiger partial charge on any atom is -0.379 e. The Hall–Kier alpha value is -0.420. The van der Waals surface area contributed by atoms with E-state index in [1.54, 1.807) is 0 Å². The summed E-state index contributed by atoms with van der Waals surface area (Å²) in [6, 6.07) is 8.92. The van der Waals surface area contributed by atoms with Crippen LogP contribution in [0.15, 0.2) is 28.7 Å². The van der Waals surface area contributed by atoms with Crippen LogP contribution in [0, 0.1) is 0 Å². The van der Waals surface area contributed by atoms with Crippen LogP contribution in [0.1, 0.15) is 5.56 Å². The molecule has 1 aliphatic rings. The predicted octanol–water partition coefficient (Wildman–Crippen LogP) is 1.65. The summed E-state index contributed by atoms with van der Waals surface area (Å²) in [5.74, 6) is 0. The first-order valence-electron chi connectivity index (χ1n) is 6.06. The van der Waals surface area contributed by atoms with Crippen LogP contribution in [-0.4, -0.2) is 43.8 Å². The fourth-order valence-electron chi connectivity index (χ4n) is 2.20. The fourth-order valence-corrected chi connectivity index (χ4v) is 2.46. The molecule has 94 valence electrons. The number of nitrogens with zero attached hydrogens (tertiary/aromatic N) is 1. The zero-order valence-electron chi connectivity index (χ0n) is 9.94. The van der Waals surface area contributed by atoms with Gasteiger partial charge < -0.3 is 10.5 Å². The molecule has 0 saturated carbocycles. The SMILES string of the molecule is NCC(Cc1ccc(Br)cc1)N1CCOCC1. The molecule has 1 atom stereocenters. The van der Waals surface area contributed by atoms with E-state index in [-0.39, 0.29) is 0 Å². The maximum atomic E-state index is 5.89. The van der Waals surface area contributed by atoms with E-state index in [0.717, 1.165) is 37.2 Å². The van der Waals surface area contributed by atoms with Gasteiger partial charge >= 0.3 is 0 Å². The van der Waals surface area contributed by atoms with Gasteiger partial charge in [-0.05, 0) is 24.1 Å². The Bertz CT molecular complexity index is 336. The van der Waals surface area contributed by atoms with Gasteiger partial charge in [-0.15, -0.1) is 0 Å². The third-order valence-corrected chi connectivity index (χ3v) is 3.75. The second-order valence-corrected chi connectivity index (χ2v) is 5.28. The Kier molecular flexibility index (Phi) is 4.98. The Morgan fingerprint density at radius 2 is 1.88 bits per heavy atom. The molecule has 3 nitrogen and oxygen atoms in total. The van der Waals surface area contributed by atoms with Crippen LogP contribution >= 0.6 is 15.9 Å². The molecule has 1 fully saturated rings. The van der Waals surface area contributed by atoms with Crippen molar-refractivity contribution in [3.05, 3.63) is 34.3 Å². The van der Waals surface area contributed by atoms with Crippen LogP contribution in [0.25, 0.3) is 0 Å². The van der Waals surface area contributed by atoms with Crippen molar-refractivity contribution in [2.75, 3.05) is 32.8 Å². The normalized spacial score (nSPS) is 19.2. The van der Waals surface area contributed by atoms with Gasteiger partial charge in [-0.2, -0.15) is 0 Å². The van der Waals surface area contributed by atoms with Gasteiger partial charge in [-0.25, -0.2) is 0 Å². The zero-order chi connectivity index (χ0) is 12.1. The van der Waals surface area contributed by atoms with E-state index in [9.17, 15) is 0 Å². The Morgan fingerprint density at radius 3 is 2.47 bits per heavy atom. The van der Waals surface area contributed by atoms with Crippen molar-refractivity contribution in [3.63, 3.8) is 0 Å². The van der Waals surface area contributed by atoms with E-state index in [4.69, 9.17) is 10.5 Å². The van der Waals surface area contributed by atoms with E-state index in [1.165, 1.54) is 5.56 Å². The van der Waals surface area contributed by atoms with Gasteiger partial charge in [-0.1, -0.05) is 28.1 Å². The van der Waals surface area contributed by atoms with Crippen molar-refractivity contribution in [3.8, 4) is 0 Å². The quantitative estimate of drug-likeness (QED) is 0.919. The molecular formula is C13H19BrN2O. The second kappa shape index (κ2) is 6.50. The van der Waals surface area contributed by atoms with Crippen LogP contribution in [-0.2, 0) is 11.2 Å². The second-order valence-electron chi connectivity index (χ2n) is 4.37. The number of nitrogens with two attached hydrogens (primary N) is 1. The summed E-state index contributed by atoms with van der Waals surface area (Å²) in [4.78, 5) is 2.44. The first-order valence-corrected chi connectivity index (χ1v) is 6.85. The largest absolute Gasteiger partial charge is 0.379 e. The topological polar surface area (TPSA) is 38.5 Å². The molecule has 1 aromatic carbocycles. The first-order chi connectivity index (χ1) is 8.29. The molecule has 1 unspecified atom stereocenters. The lowest BCUT2D eigenvalue weighted by atomic mass is 10.0. The lowest BCUT2D eigenvalue weighted by Crippen LogP contribution is -2.47. The summed E-state index contributed by atoms with van der Waals surface area (Å²) in [7, 11) is 0. The van der Waals surface area contributed by atoms with Crippen LogP contribution in [0.3, 0.4) is 0 Å². The monoisotopic (exact) mass is 298 g/mol. The number of benzene rings is 1. The van der Waals surface area contributed by atoms with Crippen molar-refractivity contribution in [2.24, 2.45) is 5.73 Å². The summed E-state index contributed by atoms with van der Waals surface area (Å²) >= 11 is 3.45. The highest BCUT2D eigenvalue weighted by molar-refractivity contribution is 9.10. The molecule has 0 aliphatic carbocycles. The van der Waals surface area contributed by atoms with Crippen molar-refractivity contribution in [1.29, 1.82) is 0 Å². The molecule has 2 rings (SSSR count). The van der Waals surface area contributed by atoms with Gasteiger partial charge in [0.2, 0.25) is 0 Å². The molecule has 0 radical (unpaired) electrons. The molecule has 0 spiro atoms. The van der Waals surface area contributed by atoms with E-state index in [2.05, 4.69) is 45.1 Å². The van der Waals surface area contributed by atoms with Gasteiger partial charge in [0.25, 0.3) is 0 Å². The zero-order valence-corrected chi connectivity index (χ0v) is 11.5. The molecule has 1 saturated heterocycles. The molecule has 1 aliphatic heterocycles. The molecule has 17 heavy (non-hydrogen) atoms. The minimum absolute atomic E-state index is 0.431. The maximum Gasteiger partial charge on any atom is 0.0594 e. The lowest BCUT2D eigenvalue weighted by Gasteiger charge is -2.33. The summed E-state index contributed by atoms with van der Waals surface area (Å²) in [6.07, 6.45) is 1.02. The summed E-state index contributed by atoms with van der Waals surface area (Å²) in [5, 5.41) is 0. The van der Waals surface area contributed by atoms with Gasteiger partial charge in [0.1, 0.15) is 0 Å². The molecule has 1 aromatic rings. The summed E-state index contributed by atoms with van der Waals surface area (Å²) in [6.45, 7) is 4.36. The number of halogens is 1. The Labute approximate surface area is 111 Å². The highest BCUT2D eigenvalue weighted by Gasteiger charge is 2.19. The van der Waals surface area contributed by atoms with Gasteiger partial charge in [0, 0.05) is 30.1 Å². The highest BCUT2D eigenvalue weighted by atomic mass is 79.9. The molecule has 1 heterocycles. The molecule has 4 heteroatoms. The number of ether oxygens (including phenoxy) is 1. The molecule has 2 N–H and O–H groups in total. The molecule has 0 aromatic heterocycles. The first kappa shape index (κ1) is 13.0. The summed E-state index contributed by atoms with van der Waals surface area (Å²) < 4.78 is 6.49. The molecular weight excluding hydrogens is 280 g/mol. The van der Waals surface area contributed by atoms with Crippen LogP contribution in [0.5, 0.6) is 0 Å². The number of hydrogen-bond acceptors (Lipinski definition) is 3. The van der Waals surface area contributed by atoms with Crippen molar-refractivity contribution in [1.82, 2.24) is 4.90 Å². The Morgan fingerprint density at radius 1 is 1.24 bits per heavy atom. The van der Waals surface area contributed by atoms with E-state index in [0.29, 0.717) is 12.6 Å². The molecule has 0 bridgehead atoms. The average Bonchev–Trinajstić information content (AvgIpc) is 2.39. The predicted molar refractivity (Wildman–Crippen MR) is 73.1 cm³/mol. The average molecular weight is 299 g/mol. The van der Waals surface area contributed by atoms with Crippen LogP contribution < -0.4 is 5.73 Å². The lowest BCUT2D eigenvalue weighted by molar-refractivity contribution is 0.0184. The van der Waals surface area contributed by atoms with Gasteiger partial charge in [-0.3, -0.25) is 4.90 Å². The van der Waals surface area contributed by atoms with Crippen LogP contribution in [0.2, 0.25) is 0 Å². The van der Waals surface area contributed by atoms with Gasteiger partial charge in [0.15, 0.2) is 0 Å². The van der Waals surface area contributed by atoms with Crippen molar-refractivity contribution in [2.45, 2.75) is 12.5 Å². The van der Waals surface area contributed by atoms with E-state index < -0.39 is 0 Å².